The lowest BCUT2D eigenvalue weighted by Gasteiger charge is -2.11. The van der Waals surface area contributed by atoms with E-state index in [4.69, 9.17) is 0 Å². The lowest BCUT2D eigenvalue weighted by atomic mass is 10.2. The van der Waals surface area contributed by atoms with Crippen LogP contribution in [0.25, 0.3) is 0 Å². The molecule has 6 nitrogen and oxygen atoms in total. The molecule has 0 radical (unpaired) electrons. The molecule has 2 heterocycles. The van der Waals surface area contributed by atoms with Gasteiger partial charge in [-0.25, -0.2) is 9.97 Å². The van der Waals surface area contributed by atoms with E-state index in [1.165, 1.54) is 16.9 Å². The zero-order valence-electron chi connectivity index (χ0n) is 17.6. The maximum atomic E-state index is 12.3. The molecule has 0 fully saturated rings. The van der Waals surface area contributed by atoms with Gasteiger partial charge in [0.2, 0.25) is 0 Å². The number of carbonyl (C=O) groups is 1. The van der Waals surface area contributed by atoms with Gasteiger partial charge < -0.3 is 16.0 Å². The van der Waals surface area contributed by atoms with Crippen LogP contribution in [0.1, 0.15) is 26.6 Å². The van der Waals surface area contributed by atoms with Gasteiger partial charge >= 0.3 is 0 Å². The van der Waals surface area contributed by atoms with Crippen LogP contribution in [0.4, 0.5) is 28.7 Å². The fourth-order valence-electron chi connectivity index (χ4n) is 3.01. The minimum absolute atomic E-state index is 0.0999. The van der Waals surface area contributed by atoms with Crippen LogP contribution in [0.5, 0.6) is 0 Å². The molecule has 0 aliphatic rings. The Kier molecular flexibility index (Phi) is 5.95. The molecule has 4 aromatic rings. The summed E-state index contributed by atoms with van der Waals surface area (Å²) in [6.45, 7) is 5.89. The molecule has 3 N–H and O–H groups in total. The summed E-state index contributed by atoms with van der Waals surface area (Å²) >= 11 is 1.44. The highest BCUT2D eigenvalue weighted by Crippen LogP contribution is 2.22. The second-order valence-electron chi connectivity index (χ2n) is 7.32. The van der Waals surface area contributed by atoms with Gasteiger partial charge in [-0.05, 0) is 74.2 Å². The number of nitrogens with zero attached hydrogens (tertiary/aromatic N) is 2. The topological polar surface area (TPSA) is 78.9 Å². The first-order valence-corrected chi connectivity index (χ1v) is 10.8. The van der Waals surface area contributed by atoms with Crippen LogP contribution < -0.4 is 16.0 Å². The van der Waals surface area contributed by atoms with Crippen LogP contribution in [0.15, 0.2) is 66.0 Å². The van der Waals surface area contributed by atoms with Crippen molar-refractivity contribution in [1.82, 2.24) is 9.97 Å². The van der Waals surface area contributed by atoms with Crippen LogP contribution in [-0.4, -0.2) is 15.9 Å². The summed E-state index contributed by atoms with van der Waals surface area (Å²) in [6.07, 6.45) is 0. The van der Waals surface area contributed by atoms with Gasteiger partial charge in [0.1, 0.15) is 17.5 Å². The zero-order chi connectivity index (χ0) is 21.8. The Morgan fingerprint density at radius 3 is 1.84 bits per heavy atom. The van der Waals surface area contributed by atoms with Gasteiger partial charge in [-0.3, -0.25) is 4.79 Å². The average molecular weight is 430 g/mol. The third kappa shape index (κ3) is 5.46. The number of aromatic nitrogens is 2. The monoisotopic (exact) mass is 429 g/mol. The van der Waals surface area contributed by atoms with Gasteiger partial charge in [0, 0.05) is 23.1 Å². The highest BCUT2D eigenvalue weighted by Gasteiger charge is 2.09. The van der Waals surface area contributed by atoms with Gasteiger partial charge in [0.25, 0.3) is 5.91 Å². The minimum atomic E-state index is -0.0999. The summed E-state index contributed by atoms with van der Waals surface area (Å²) in [5.74, 6) is 1.97. The third-order valence-corrected chi connectivity index (χ3v) is 5.58. The summed E-state index contributed by atoms with van der Waals surface area (Å²) in [4.78, 5) is 21.9. The van der Waals surface area contributed by atoms with Gasteiger partial charge in [-0.15, -0.1) is 11.3 Å². The number of thiophene rings is 1. The van der Waals surface area contributed by atoms with E-state index in [1.807, 2.05) is 67.8 Å². The molecule has 4 rings (SSSR count). The van der Waals surface area contributed by atoms with Crippen molar-refractivity contribution in [2.24, 2.45) is 0 Å². The van der Waals surface area contributed by atoms with Crippen LogP contribution in [0, 0.1) is 20.8 Å². The maximum Gasteiger partial charge on any atom is 0.265 e. The predicted molar refractivity (Wildman–Crippen MR) is 128 cm³/mol. The lowest BCUT2D eigenvalue weighted by Crippen LogP contribution is -2.10. The predicted octanol–water partition coefficient (Wildman–Crippen LogP) is 6.20. The van der Waals surface area contributed by atoms with E-state index in [0.717, 1.165) is 22.6 Å². The normalized spacial score (nSPS) is 10.5. The molecule has 2 aromatic heterocycles. The van der Waals surface area contributed by atoms with Crippen molar-refractivity contribution in [3.63, 3.8) is 0 Å². The number of hydrogen-bond donors (Lipinski definition) is 3. The molecule has 0 saturated carbocycles. The molecule has 0 bridgehead atoms. The van der Waals surface area contributed by atoms with E-state index in [1.54, 1.807) is 0 Å². The summed E-state index contributed by atoms with van der Waals surface area (Å²) < 4.78 is 0. The van der Waals surface area contributed by atoms with Crippen LogP contribution in [-0.2, 0) is 0 Å². The smallest absolute Gasteiger partial charge is 0.265 e. The van der Waals surface area contributed by atoms with Crippen molar-refractivity contribution in [2.45, 2.75) is 20.8 Å². The van der Waals surface area contributed by atoms with E-state index in [9.17, 15) is 4.79 Å². The SMILES string of the molecule is Cc1ccc(Nc2cc(Nc3ccc(NC(=O)c4cc(C)cs4)cc3)nc(C)n2)cc1. The van der Waals surface area contributed by atoms with Crippen LogP contribution >= 0.6 is 11.3 Å². The molecule has 0 aliphatic heterocycles. The summed E-state index contributed by atoms with van der Waals surface area (Å²) in [7, 11) is 0. The standard InChI is InChI=1S/C24H23N5OS/c1-15-4-6-18(7-5-15)27-22-13-23(26-17(3)25-22)28-19-8-10-20(11-9-19)29-24(30)21-12-16(2)14-31-21/h4-14H,1-3H3,(H,29,30)(H2,25,26,27,28). The molecule has 0 aliphatic carbocycles. The van der Waals surface area contributed by atoms with E-state index in [-0.39, 0.29) is 5.91 Å². The first-order valence-electron chi connectivity index (χ1n) is 9.87. The summed E-state index contributed by atoms with van der Waals surface area (Å²) in [5.41, 5.74) is 4.87. The lowest BCUT2D eigenvalue weighted by molar-refractivity contribution is 0.103. The fourth-order valence-corrected chi connectivity index (χ4v) is 3.80. The van der Waals surface area contributed by atoms with Gasteiger partial charge in [-0.1, -0.05) is 17.7 Å². The highest BCUT2D eigenvalue weighted by molar-refractivity contribution is 7.12. The van der Waals surface area contributed by atoms with Crippen LogP contribution in [0.3, 0.4) is 0 Å². The number of anilines is 5. The maximum absolute atomic E-state index is 12.3. The number of amides is 1. The first kappa shape index (κ1) is 20.6. The fraction of sp³-hybridized carbons (Fsp3) is 0.125. The van der Waals surface area contributed by atoms with Crippen LogP contribution in [0.2, 0.25) is 0 Å². The average Bonchev–Trinajstić information content (AvgIpc) is 3.17. The van der Waals surface area contributed by atoms with E-state index >= 15 is 0 Å². The van der Waals surface area contributed by atoms with Gasteiger partial charge in [0.05, 0.1) is 4.88 Å². The Morgan fingerprint density at radius 2 is 1.29 bits per heavy atom. The van der Waals surface area contributed by atoms with Crippen molar-refractivity contribution in [1.29, 1.82) is 0 Å². The van der Waals surface area contributed by atoms with Crippen molar-refractivity contribution in [3.8, 4) is 0 Å². The molecular formula is C24H23N5OS. The number of aryl methyl sites for hydroxylation is 3. The number of hydrogen-bond acceptors (Lipinski definition) is 6. The van der Waals surface area contributed by atoms with Crippen molar-refractivity contribution < 1.29 is 4.79 Å². The van der Waals surface area contributed by atoms with E-state index in [2.05, 4.69) is 45.0 Å². The summed E-state index contributed by atoms with van der Waals surface area (Å²) in [5, 5.41) is 11.5. The van der Waals surface area contributed by atoms with Crippen molar-refractivity contribution in [3.05, 3.63) is 87.9 Å². The molecule has 0 saturated heterocycles. The molecule has 0 atom stereocenters. The van der Waals surface area contributed by atoms with E-state index in [0.29, 0.717) is 22.3 Å². The Balaban J connectivity index is 1.43. The molecular weight excluding hydrogens is 406 g/mol. The Bertz CT molecular complexity index is 1200. The molecule has 2 aromatic carbocycles. The molecule has 1 amide bonds. The number of nitrogens with one attached hydrogen (secondary N) is 3. The van der Waals surface area contributed by atoms with E-state index < -0.39 is 0 Å². The number of rotatable bonds is 6. The third-order valence-electron chi connectivity index (χ3n) is 4.53. The zero-order valence-corrected chi connectivity index (χ0v) is 18.4. The molecule has 7 heteroatoms. The Hall–Kier alpha value is -3.71. The Morgan fingerprint density at radius 1 is 0.742 bits per heavy atom. The molecule has 31 heavy (non-hydrogen) atoms. The molecule has 0 spiro atoms. The quantitative estimate of drug-likeness (QED) is 0.340. The first-order chi connectivity index (χ1) is 14.9. The molecule has 0 unspecified atom stereocenters. The number of benzene rings is 2. The Labute approximate surface area is 185 Å². The number of carbonyl (C=O) groups excluding carboxylic acids is 1. The summed E-state index contributed by atoms with van der Waals surface area (Å²) in [6, 6.07) is 19.4. The second-order valence-corrected chi connectivity index (χ2v) is 8.23. The van der Waals surface area contributed by atoms with Gasteiger partial charge in [0.15, 0.2) is 0 Å². The highest BCUT2D eigenvalue weighted by atomic mass is 32.1. The second kappa shape index (κ2) is 8.97. The minimum Gasteiger partial charge on any atom is -0.340 e. The van der Waals surface area contributed by atoms with Gasteiger partial charge in [-0.2, -0.15) is 0 Å². The molecule has 156 valence electrons. The largest absolute Gasteiger partial charge is 0.340 e. The van der Waals surface area contributed by atoms with Crippen molar-refractivity contribution in [2.75, 3.05) is 16.0 Å². The van der Waals surface area contributed by atoms with Crippen molar-refractivity contribution >= 4 is 45.9 Å².